The van der Waals surface area contributed by atoms with E-state index in [0.717, 1.165) is 7.11 Å². The normalized spacial score (nSPS) is 32.4. The number of ether oxygens (including phenoxy) is 1. The average molecular weight is 206 g/mol. The van der Waals surface area contributed by atoms with Crippen LogP contribution in [0.3, 0.4) is 0 Å². The molecule has 0 spiro atoms. The summed E-state index contributed by atoms with van der Waals surface area (Å²) < 4.78 is 15.4. The number of allylic oxidation sites excluding steroid dienone is 1. The number of carbonyl (C=O) groups excluding carboxylic acids is 1. The van der Waals surface area contributed by atoms with Crippen LogP contribution in [0.15, 0.2) is 12.7 Å². The third kappa shape index (κ3) is 1.33. The van der Waals surface area contributed by atoms with E-state index in [9.17, 15) is 9.36 Å². The van der Waals surface area contributed by atoms with E-state index in [1.54, 1.807) is 0 Å². The molecular weight excluding hydrogens is 195 g/mol. The number of hydrogen-bond donors (Lipinski definition) is 2. The molecule has 5 nitrogen and oxygen atoms in total. The molecule has 2 atom stereocenters. The van der Waals surface area contributed by atoms with Crippen LogP contribution in [-0.4, -0.2) is 28.0 Å². The van der Waals surface area contributed by atoms with E-state index >= 15 is 0 Å². The average Bonchev–Trinajstić information content (AvgIpc) is 2.77. The fourth-order valence-corrected chi connectivity index (χ4v) is 2.72. The molecule has 2 unspecified atom stereocenters. The Bertz CT molecular complexity index is 293. The van der Waals surface area contributed by atoms with Crippen LogP contribution in [0.1, 0.15) is 6.42 Å². The summed E-state index contributed by atoms with van der Waals surface area (Å²) in [6.07, 6.45) is 1.49. The van der Waals surface area contributed by atoms with Crippen LogP contribution in [0.5, 0.6) is 0 Å². The van der Waals surface area contributed by atoms with E-state index in [1.807, 2.05) is 0 Å². The van der Waals surface area contributed by atoms with E-state index in [1.165, 1.54) is 6.08 Å². The second-order valence-electron chi connectivity index (χ2n) is 3.01. The van der Waals surface area contributed by atoms with Crippen molar-refractivity contribution in [2.45, 2.75) is 11.6 Å². The first kappa shape index (κ1) is 10.4. The van der Waals surface area contributed by atoms with Crippen LogP contribution >= 0.6 is 7.60 Å². The summed E-state index contributed by atoms with van der Waals surface area (Å²) in [5.41, 5.74) is 0. The summed E-state index contributed by atoms with van der Waals surface area (Å²) in [4.78, 5) is 29.1. The lowest BCUT2D eigenvalue weighted by Crippen LogP contribution is -2.26. The molecule has 0 aromatic heterocycles. The number of methoxy groups -OCH3 is 1. The molecule has 0 amide bonds. The Kier molecular flexibility index (Phi) is 2.36. The molecule has 0 heterocycles. The van der Waals surface area contributed by atoms with Gasteiger partial charge in [-0.3, -0.25) is 9.36 Å². The number of hydrogen-bond acceptors (Lipinski definition) is 3. The Balaban J connectivity index is 3.01. The van der Waals surface area contributed by atoms with Gasteiger partial charge in [0.2, 0.25) is 0 Å². The Morgan fingerprint density at radius 3 is 2.54 bits per heavy atom. The monoisotopic (exact) mass is 206 g/mol. The number of rotatable bonds is 3. The van der Waals surface area contributed by atoms with Crippen molar-refractivity contribution in [3.63, 3.8) is 0 Å². The zero-order valence-electron chi connectivity index (χ0n) is 7.14. The summed E-state index contributed by atoms with van der Waals surface area (Å²) in [5, 5.41) is -1.65. The lowest BCUT2D eigenvalue weighted by molar-refractivity contribution is -0.141. The molecule has 1 aliphatic rings. The van der Waals surface area contributed by atoms with Gasteiger partial charge < -0.3 is 14.5 Å². The van der Waals surface area contributed by atoms with E-state index < -0.39 is 24.6 Å². The molecule has 1 fully saturated rings. The first-order chi connectivity index (χ1) is 5.90. The molecule has 0 aliphatic heterocycles. The van der Waals surface area contributed by atoms with Crippen LogP contribution in [0.4, 0.5) is 0 Å². The van der Waals surface area contributed by atoms with E-state index in [-0.39, 0.29) is 6.42 Å². The highest BCUT2D eigenvalue weighted by Crippen LogP contribution is 2.69. The Labute approximate surface area is 75.6 Å². The fraction of sp³-hybridized carbons (Fsp3) is 0.571. The topological polar surface area (TPSA) is 83.8 Å². The van der Waals surface area contributed by atoms with E-state index in [0.29, 0.717) is 0 Å². The van der Waals surface area contributed by atoms with Crippen molar-refractivity contribution in [3.8, 4) is 0 Å². The minimum absolute atomic E-state index is 0.119. The Hall–Kier alpha value is -0.640. The molecular formula is C7H11O5P. The summed E-state index contributed by atoms with van der Waals surface area (Å²) >= 11 is 0. The predicted octanol–water partition coefficient (Wildman–Crippen LogP) is 0.282. The minimum atomic E-state index is -4.45. The molecule has 0 bridgehead atoms. The zero-order valence-corrected chi connectivity index (χ0v) is 8.03. The van der Waals surface area contributed by atoms with Gasteiger partial charge in [-0.15, -0.1) is 6.58 Å². The van der Waals surface area contributed by atoms with Gasteiger partial charge in [0.25, 0.3) is 0 Å². The first-order valence-corrected chi connectivity index (χ1v) is 5.28. The van der Waals surface area contributed by atoms with Gasteiger partial charge in [0.1, 0.15) is 0 Å². The summed E-state index contributed by atoms with van der Waals surface area (Å²) in [6.45, 7) is 3.40. The second-order valence-corrected chi connectivity index (χ2v) is 4.89. The van der Waals surface area contributed by atoms with Crippen molar-refractivity contribution in [1.29, 1.82) is 0 Å². The van der Waals surface area contributed by atoms with Gasteiger partial charge in [0, 0.05) is 5.92 Å². The highest BCUT2D eigenvalue weighted by molar-refractivity contribution is 7.55. The minimum Gasteiger partial charge on any atom is -0.468 e. The van der Waals surface area contributed by atoms with Gasteiger partial charge in [0.05, 0.1) is 7.11 Å². The maximum atomic E-state index is 11.1. The van der Waals surface area contributed by atoms with Crippen molar-refractivity contribution in [2.75, 3.05) is 7.11 Å². The van der Waals surface area contributed by atoms with Gasteiger partial charge in [-0.05, 0) is 6.42 Å². The standard InChI is InChI=1S/C7H11O5P/c1-3-5-4-7(5,6(8)12-2)13(9,10)11/h3,5H,1,4H2,2H3,(H2,9,10,11). The van der Waals surface area contributed by atoms with Crippen LogP contribution in [0, 0.1) is 5.92 Å². The van der Waals surface area contributed by atoms with Crippen LogP contribution in [-0.2, 0) is 14.1 Å². The summed E-state index contributed by atoms with van der Waals surface area (Å²) in [7, 11) is -3.34. The van der Waals surface area contributed by atoms with Crippen LogP contribution in [0.2, 0.25) is 0 Å². The third-order valence-corrected chi connectivity index (χ3v) is 4.06. The van der Waals surface area contributed by atoms with Gasteiger partial charge in [-0.1, -0.05) is 6.08 Å². The molecule has 6 heteroatoms. The first-order valence-electron chi connectivity index (χ1n) is 3.66. The Morgan fingerprint density at radius 1 is 1.77 bits per heavy atom. The molecule has 13 heavy (non-hydrogen) atoms. The van der Waals surface area contributed by atoms with Crippen molar-refractivity contribution < 1.29 is 23.9 Å². The highest BCUT2D eigenvalue weighted by Gasteiger charge is 2.71. The number of esters is 1. The molecule has 1 aliphatic carbocycles. The van der Waals surface area contributed by atoms with Crippen LogP contribution < -0.4 is 0 Å². The molecule has 0 saturated heterocycles. The molecule has 0 radical (unpaired) electrons. The van der Waals surface area contributed by atoms with Crippen molar-refractivity contribution >= 4 is 13.6 Å². The van der Waals surface area contributed by atoms with E-state index in [2.05, 4.69) is 11.3 Å². The maximum absolute atomic E-state index is 11.1. The lowest BCUT2D eigenvalue weighted by Gasteiger charge is -2.15. The van der Waals surface area contributed by atoms with Crippen molar-refractivity contribution in [1.82, 2.24) is 0 Å². The predicted molar refractivity (Wildman–Crippen MR) is 45.1 cm³/mol. The zero-order chi connectivity index (χ0) is 10.3. The van der Waals surface area contributed by atoms with E-state index in [4.69, 9.17) is 9.79 Å². The molecule has 1 saturated carbocycles. The van der Waals surface area contributed by atoms with Gasteiger partial charge >= 0.3 is 13.6 Å². The molecule has 0 aromatic rings. The highest BCUT2D eigenvalue weighted by atomic mass is 31.2. The SMILES string of the molecule is C=CC1CC1(C(=O)OC)P(=O)(O)O. The Morgan fingerprint density at radius 2 is 2.31 bits per heavy atom. The third-order valence-electron chi connectivity index (χ3n) is 2.33. The number of carbonyl (C=O) groups is 1. The van der Waals surface area contributed by atoms with Gasteiger partial charge in [-0.2, -0.15) is 0 Å². The molecule has 0 aromatic carbocycles. The van der Waals surface area contributed by atoms with Gasteiger partial charge in [0.15, 0.2) is 5.16 Å². The van der Waals surface area contributed by atoms with Crippen LogP contribution in [0.25, 0.3) is 0 Å². The maximum Gasteiger partial charge on any atom is 0.343 e. The molecule has 1 rings (SSSR count). The van der Waals surface area contributed by atoms with Gasteiger partial charge in [-0.25, -0.2) is 0 Å². The fourth-order valence-electron chi connectivity index (χ4n) is 1.42. The molecule has 2 N–H and O–H groups in total. The van der Waals surface area contributed by atoms with Crippen molar-refractivity contribution in [2.24, 2.45) is 5.92 Å². The largest absolute Gasteiger partial charge is 0.468 e. The summed E-state index contributed by atoms with van der Waals surface area (Å²) in [5.74, 6) is -1.33. The summed E-state index contributed by atoms with van der Waals surface area (Å²) in [6, 6.07) is 0. The lowest BCUT2D eigenvalue weighted by atomic mass is 10.3. The smallest absolute Gasteiger partial charge is 0.343 e. The quantitative estimate of drug-likeness (QED) is 0.393. The molecule has 74 valence electrons. The van der Waals surface area contributed by atoms with Crippen molar-refractivity contribution in [3.05, 3.63) is 12.7 Å². The second kappa shape index (κ2) is 2.94.